The number of nitrogens with one attached hydrogen (secondary N) is 1. The van der Waals surface area contributed by atoms with Gasteiger partial charge < -0.3 is 10.1 Å². The van der Waals surface area contributed by atoms with Gasteiger partial charge in [0.2, 0.25) is 10.0 Å². The summed E-state index contributed by atoms with van der Waals surface area (Å²) in [5, 5.41) is 11.6. The molecule has 3 aromatic rings. The summed E-state index contributed by atoms with van der Waals surface area (Å²) in [6, 6.07) is 22.9. The lowest BCUT2D eigenvalue weighted by molar-refractivity contribution is -0.118. The Balaban J connectivity index is 1.30. The van der Waals surface area contributed by atoms with E-state index in [0.29, 0.717) is 30.1 Å². The molecular weight excluding hydrogens is 438 g/mol. The number of sulfonamides is 1. The van der Waals surface area contributed by atoms with Gasteiger partial charge in [0.05, 0.1) is 16.5 Å². The first-order chi connectivity index (χ1) is 16.0. The van der Waals surface area contributed by atoms with E-state index in [2.05, 4.69) is 11.4 Å². The van der Waals surface area contributed by atoms with Crippen molar-refractivity contribution in [3.63, 3.8) is 0 Å². The Morgan fingerprint density at radius 1 is 0.909 bits per heavy atom. The number of rotatable bonds is 7. The summed E-state index contributed by atoms with van der Waals surface area (Å²) in [5.74, 6) is 0.205. The van der Waals surface area contributed by atoms with Gasteiger partial charge in [-0.1, -0.05) is 24.3 Å². The average molecular weight is 462 g/mol. The van der Waals surface area contributed by atoms with Crippen molar-refractivity contribution in [2.45, 2.75) is 17.7 Å². The fourth-order valence-electron chi connectivity index (χ4n) is 3.61. The number of nitrogens with zero attached hydrogens (tertiary/aromatic N) is 2. The highest BCUT2D eigenvalue weighted by Crippen LogP contribution is 2.24. The van der Waals surface area contributed by atoms with Crippen molar-refractivity contribution in [2.24, 2.45) is 0 Å². The second kappa shape index (κ2) is 9.86. The molecule has 0 unspecified atom stereocenters. The van der Waals surface area contributed by atoms with Gasteiger partial charge in [0, 0.05) is 18.8 Å². The number of ether oxygens (including phenoxy) is 1. The van der Waals surface area contributed by atoms with Crippen LogP contribution in [-0.4, -0.2) is 38.3 Å². The van der Waals surface area contributed by atoms with Gasteiger partial charge in [0.25, 0.3) is 5.91 Å². The fourth-order valence-corrected chi connectivity index (χ4v) is 5.13. The number of hydrogen-bond acceptors (Lipinski definition) is 5. The van der Waals surface area contributed by atoms with Crippen LogP contribution in [-0.2, 0) is 14.8 Å². The van der Waals surface area contributed by atoms with Crippen LogP contribution in [0.25, 0.3) is 11.1 Å². The molecule has 7 nitrogen and oxygen atoms in total. The molecule has 0 atom stereocenters. The topological polar surface area (TPSA) is 99.5 Å². The van der Waals surface area contributed by atoms with Crippen molar-refractivity contribution < 1.29 is 17.9 Å². The highest BCUT2D eigenvalue weighted by molar-refractivity contribution is 7.89. The Labute approximate surface area is 193 Å². The highest BCUT2D eigenvalue weighted by Gasteiger charge is 2.26. The first kappa shape index (κ1) is 22.5. The van der Waals surface area contributed by atoms with E-state index in [0.717, 1.165) is 24.0 Å². The van der Waals surface area contributed by atoms with Crippen LogP contribution in [0.1, 0.15) is 18.4 Å². The van der Waals surface area contributed by atoms with Gasteiger partial charge in [0.15, 0.2) is 6.61 Å². The lowest BCUT2D eigenvalue weighted by Crippen LogP contribution is -2.27. The van der Waals surface area contributed by atoms with Gasteiger partial charge in [0.1, 0.15) is 5.75 Å². The fraction of sp³-hybridized carbons (Fsp3) is 0.200. The van der Waals surface area contributed by atoms with Gasteiger partial charge >= 0.3 is 0 Å². The largest absolute Gasteiger partial charge is 0.484 e. The summed E-state index contributed by atoms with van der Waals surface area (Å²) >= 11 is 0. The molecule has 8 heteroatoms. The first-order valence-corrected chi connectivity index (χ1v) is 12.0. The Kier molecular flexibility index (Phi) is 6.73. The summed E-state index contributed by atoms with van der Waals surface area (Å²) in [7, 11) is -3.48. The second-order valence-electron chi connectivity index (χ2n) is 7.69. The van der Waals surface area contributed by atoms with Crippen LogP contribution in [0.2, 0.25) is 0 Å². The minimum absolute atomic E-state index is 0.177. The minimum Gasteiger partial charge on any atom is -0.484 e. The van der Waals surface area contributed by atoms with Crippen molar-refractivity contribution >= 4 is 21.6 Å². The van der Waals surface area contributed by atoms with E-state index in [1.807, 2.05) is 24.3 Å². The molecule has 0 spiro atoms. The molecule has 0 aromatic heterocycles. The summed E-state index contributed by atoms with van der Waals surface area (Å²) in [6.07, 6.45) is 1.76. The number of benzene rings is 3. The third kappa shape index (κ3) is 5.40. The molecule has 1 amide bonds. The minimum atomic E-state index is -3.48. The molecule has 1 N–H and O–H groups in total. The number of amides is 1. The van der Waals surface area contributed by atoms with Gasteiger partial charge in [-0.15, -0.1) is 0 Å². The van der Waals surface area contributed by atoms with Crippen LogP contribution in [0.5, 0.6) is 5.75 Å². The number of carbonyl (C=O) groups is 1. The van der Waals surface area contributed by atoms with E-state index in [1.165, 1.54) is 16.4 Å². The molecule has 1 saturated heterocycles. The standard InChI is InChI=1S/C25H23N3O4S/c26-17-19-3-5-20(6-4-19)21-7-11-23(12-8-21)32-18-25(29)27-22-9-13-24(14-10-22)33(30,31)28-15-1-2-16-28/h3-14H,1-2,15-16,18H2,(H,27,29). The van der Waals surface area contributed by atoms with E-state index in [9.17, 15) is 13.2 Å². The summed E-state index contributed by atoms with van der Waals surface area (Å²) < 4.78 is 32.2. The van der Waals surface area contributed by atoms with Crippen LogP contribution in [0.4, 0.5) is 5.69 Å². The van der Waals surface area contributed by atoms with Crippen molar-refractivity contribution in [1.29, 1.82) is 5.26 Å². The molecule has 4 rings (SSSR count). The Bertz CT molecular complexity index is 1260. The van der Waals surface area contributed by atoms with Crippen LogP contribution < -0.4 is 10.1 Å². The van der Waals surface area contributed by atoms with E-state index in [-0.39, 0.29) is 17.4 Å². The summed E-state index contributed by atoms with van der Waals surface area (Å²) in [5.41, 5.74) is 3.06. The van der Waals surface area contributed by atoms with E-state index in [4.69, 9.17) is 10.00 Å². The van der Waals surface area contributed by atoms with Crippen LogP contribution in [0.15, 0.2) is 77.7 Å². The van der Waals surface area contributed by atoms with Gasteiger partial charge in [-0.2, -0.15) is 9.57 Å². The molecule has 0 saturated carbocycles. The predicted octanol–water partition coefficient (Wildman–Crippen LogP) is 4.03. The van der Waals surface area contributed by atoms with Crippen molar-refractivity contribution in [2.75, 3.05) is 25.0 Å². The lowest BCUT2D eigenvalue weighted by Gasteiger charge is -2.15. The normalized spacial score (nSPS) is 13.9. The summed E-state index contributed by atoms with van der Waals surface area (Å²) in [6.45, 7) is 0.920. The molecule has 1 heterocycles. The smallest absolute Gasteiger partial charge is 0.262 e. The monoisotopic (exact) mass is 461 g/mol. The molecule has 1 fully saturated rings. The van der Waals surface area contributed by atoms with Crippen molar-refractivity contribution in [1.82, 2.24) is 4.31 Å². The van der Waals surface area contributed by atoms with Gasteiger partial charge in [-0.25, -0.2) is 8.42 Å². The molecule has 168 valence electrons. The quantitative estimate of drug-likeness (QED) is 0.573. The zero-order valence-electron chi connectivity index (χ0n) is 17.9. The molecule has 0 bridgehead atoms. The van der Waals surface area contributed by atoms with E-state index >= 15 is 0 Å². The number of carbonyl (C=O) groups excluding carboxylic acids is 1. The maximum atomic E-state index is 12.6. The second-order valence-corrected chi connectivity index (χ2v) is 9.62. The Morgan fingerprint density at radius 2 is 1.48 bits per heavy atom. The predicted molar refractivity (Wildman–Crippen MR) is 125 cm³/mol. The molecule has 1 aliphatic heterocycles. The zero-order valence-corrected chi connectivity index (χ0v) is 18.7. The SMILES string of the molecule is N#Cc1ccc(-c2ccc(OCC(=O)Nc3ccc(S(=O)(=O)N4CCCC4)cc3)cc2)cc1. The number of anilines is 1. The maximum absolute atomic E-state index is 12.6. The van der Waals surface area contributed by atoms with Crippen molar-refractivity contribution in [3.05, 3.63) is 78.4 Å². The van der Waals surface area contributed by atoms with Crippen LogP contribution >= 0.6 is 0 Å². The highest BCUT2D eigenvalue weighted by atomic mass is 32.2. The van der Waals surface area contributed by atoms with Gasteiger partial charge in [-0.05, 0) is 72.5 Å². The first-order valence-electron chi connectivity index (χ1n) is 10.6. The lowest BCUT2D eigenvalue weighted by atomic mass is 10.0. The molecule has 3 aromatic carbocycles. The number of nitriles is 1. The Morgan fingerprint density at radius 3 is 2.06 bits per heavy atom. The third-order valence-electron chi connectivity index (χ3n) is 5.41. The molecular formula is C25H23N3O4S. The third-order valence-corrected chi connectivity index (χ3v) is 7.33. The molecule has 0 aliphatic carbocycles. The average Bonchev–Trinajstić information content (AvgIpc) is 3.40. The number of hydrogen-bond donors (Lipinski definition) is 1. The van der Waals surface area contributed by atoms with Gasteiger partial charge in [-0.3, -0.25) is 4.79 Å². The molecule has 33 heavy (non-hydrogen) atoms. The van der Waals surface area contributed by atoms with E-state index in [1.54, 1.807) is 36.4 Å². The van der Waals surface area contributed by atoms with Crippen LogP contribution in [0, 0.1) is 11.3 Å². The maximum Gasteiger partial charge on any atom is 0.262 e. The summed E-state index contributed by atoms with van der Waals surface area (Å²) in [4.78, 5) is 12.5. The zero-order chi connectivity index (χ0) is 23.3. The van der Waals surface area contributed by atoms with E-state index < -0.39 is 10.0 Å². The Hall–Kier alpha value is -3.67. The van der Waals surface area contributed by atoms with Crippen LogP contribution in [0.3, 0.4) is 0 Å². The molecule has 1 aliphatic rings. The molecule has 0 radical (unpaired) electrons. The van der Waals surface area contributed by atoms with Crippen molar-refractivity contribution in [3.8, 4) is 22.9 Å².